The molecule has 2 rings (SSSR count). The molecule has 1 saturated heterocycles. The molecule has 0 bridgehead atoms. The van der Waals surface area contributed by atoms with Crippen LogP contribution < -0.4 is 10.6 Å². The lowest BCUT2D eigenvalue weighted by molar-refractivity contribution is -0.133. The highest BCUT2D eigenvalue weighted by molar-refractivity contribution is 5.94. The molecule has 3 amide bonds. The maximum Gasteiger partial charge on any atom is 0.407 e. The number of methoxy groups -OCH3 is 1. The van der Waals surface area contributed by atoms with Gasteiger partial charge in [-0.3, -0.25) is 9.59 Å². The van der Waals surface area contributed by atoms with Crippen molar-refractivity contribution in [2.24, 2.45) is 11.8 Å². The molecule has 0 radical (unpaired) electrons. The standard InChI is InChI=1S/C19H27N3O4/c1-12(2)16(21-19(25)26-4)18(24)22-10-9-14(11-22)17(23)20-15-7-5-13(3)6-8-15/h5-8,12,14,16H,9-11H2,1-4H3,(H,20,23)(H,21,25)/t14-,16-/m0/s1. The summed E-state index contributed by atoms with van der Waals surface area (Å²) in [7, 11) is 1.26. The Morgan fingerprint density at radius 3 is 2.42 bits per heavy atom. The van der Waals surface area contributed by atoms with Crippen LogP contribution in [0.3, 0.4) is 0 Å². The van der Waals surface area contributed by atoms with Crippen LogP contribution in [0.2, 0.25) is 0 Å². The third kappa shape index (κ3) is 4.97. The Morgan fingerprint density at radius 1 is 1.19 bits per heavy atom. The van der Waals surface area contributed by atoms with Gasteiger partial charge in [-0.25, -0.2) is 4.79 Å². The van der Waals surface area contributed by atoms with Crippen molar-refractivity contribution < 1.29 is 19.1 Å². The molecule has 1 aliphatic heterocycles. The van der Waals surface area contributed by atoms with Crippen molar-refractivity contribution in [2.75, 3.05) is 25.5 Å². The fourth-order valence-electron chi connectivity index (χ4n) is 2.95. The summed E-state index contributed by atoms with van der Waals surface area (Å²) in [5, 5.41) is 5.48. The lowest BCUT2D eigenvalue weighted by Crippen LogP contribution is -2.50. The molecule has 142 valence electrons. The van der Waals surface area contributed by atoms with Crippen molar-refractivity contribution in [3.8, 4) is 0 Å². The number of anilines is 1. The van der Waals surface area contributed by atoms with E-state index in [9.17, 15) is 14.4 Å². The number of hydrogen-bond acceptors (Lipinski definition) is 4. The number of ether oxygens (including phenoxy) is 1. The SMILES string of the molecule is COC(=O)N[C@H](C(=O)N1CC[C@H](C(=O)Nc2ccc(C)cc2)C1)C(C)C. The highest BCUT2D eigenvalue weighted by Crippen LogP contribution is 2.21. The van der Waals surface area contributed by atoms with Crippen molar-refractivity contribution in [3.63, 3.8) is 0 Å². The number of nitrogens with zero attached hydrogens (tertiary/aromatic N) is 1. The largest absolute Gasteiger partial charge is 0.453 e. The highest BCUT2D eigenvalue weighted by Gasteiger charge is 2.35. The number of hydrogen-bond donors (Lipinski definition) is 2. The second-order valence-electron chi connectivity index (χ2n) is 6.98. The molecule has 2 N–H and O–H groups in total. The van der Waals surface area contributed by atoms with Crippen LogP contribution in [0, 0.1) is 18.8 Å². The predicted octanol–water partition coefficient (Wildman–Crippen LogP) is 2.16. The van der Waals surface area contributed by atoms with Gasteiger partial charge >= 0.3 is 6.09 Å². The van der Waals surface area contributed by atoms with E-state index in [1.807, 2.05) is 45.0 Å². The smallest absolute Gasteiger partial charge is 0.407 e. The molecule has 0 aliphatic carbocycles. The van der Waals surface area contributed by atoms with Crippen LogP contribution in [-0.4, -0.2) is 49.0 Å². The van der Waals surface area contributed by atoms with Crippen LogP contribution in [0.1, 0.15) is 25.8 Å². The first kappa shape index (κ1) is 19.8. The molecule has 7 nitrogen and oxygen atoms in total. The molecule has 7 heteroatoms. The number of aryl methyl sites for hydroxylation is 1. The molecule has 1 heterocycles. The van der Waals surface area contributed by atoms with E-state index in [0.717, 1.165) is 11.3 Å². The van der Waals surface area contributed by atoms with Crippen LogP contribution in [-0.2, 0) is 14.3 Å². The summed E-state index contributed by atoms with van der Waals surface area (Å²) in [4.78, 5) is 38.3. The maximum absolute atomic E-state index is 12.7. The number of rotatable bonds is 5. The Hall–Kier alpha value is -2.57. The van der Waals surface area contributed by atoms with Crippen LogP contribution in [0.25, 0.3) is 0 Å². The second-order valence-corrected chi connectivity index (χ2v) is 6.98. The predicted molar refractivity (Wildman–Crippen MR) is 98.7 cm³/mol. The van der Waals surface area contributed by atoms with Gasteiger partial charge in [0.2, 0.25) is 11.8 Å². The molecule has 1 aliphatic rings. The average molecular weight is 361 g/mol. The third-order valence-electron chi connectivity index (χ3n) is 4.58. The van der Waals surface area contributed by atoms with E-state index in [0.29, 0.717) is 19.5 Å². The summed E-state index contributed by atoms with van der Waals surface area (Å²) < 4.78 is 4.59. The number of carbonyl (C=O) groups is 3. The number of carbonyl (C=O) groups excluding carboxylic acids is 3. The van der Waals surface area contributed by atoms with E-state index >= 15 is 0 Å². The quantitative estimate of drug-likeness (QED) is 0.841. The maximum atomic E-state index is 12.7. The van der Waals surface area contributed by atoms with E-state index in [4.69, 9.17) is 0 Å². The van der Waals surface area contributed by atoms with Gasteiger partial charge in [0.15, 0.2) is 0 Å². The normalized spacial score (nSPS) is 17.7. The highest BCUT2D eigenvalue weighted by atomic mass is 16.5. The van der Waals surface area contributed by atoms with Gasteiger partial charge in [0.25, 0.3) is 0 Å². The van der Waals surface area contributed by atoms with Gasteiger partial charge in [0.1, 0.15) is 6.04 Å². The van der Waals surface area contributed by atoms with Gasteiger partial charge in [-0.1, -0.05) is 31.5 Å². The van der Waals surface area contributed by atoms with Crippen LogP contribution in [0.15, 0.2) is 24.3 Å². The molecule has 0 saturated carbocycles. The topological polar surface area (TPSA) is 87.7 Å². The summed E-state index contributed by atoms with van der Waals surface area (Å²) in [6, 6.07) is 6.93. The molecule has 0 aromatic heterocycles. The molecular weight excluding hydrogens is 334 g/mol. The summed E-state index contributed by atoms with van der Waals surface area (Å²) in [6.45, 7) is 6.55. The zero-order chi connectivity index (χ0) is 19.3. The Morgan fingerprint density at radius 2 is 1.85 bits per heavy atom. The van der Waals surface area contributed by atoms with Gasteiger partial charge in [-0.15, -0.1) is 0 Å². The molecule has 0 unspecified atom stereocenters. The minimum absolute atomic E-state index is 0.0814. The van der Waals surface area contributed by atoms with E-state index in [1.54, 1.807) is 4.90 Å². The number of likely N-dealkylation sites (tertiary alicyclic amines) is 1. The van der Waals surface area contributed by atoms with Crippen LogP contribution in [0.5, 0.6) is 0 Å². The van der Waals surface area contributed by atoms with Gasteiger partial charge in [-0.2, -0.15) is 0 Å². The summed E-state index contributed by atoms with van der Waals surface area (Å²) >= 11 is 0. The average Bonchev–Trinajstić information content (AvgIpc) is 3.10. The molecule has 1 aromatic carbocycles. The van der Waals surface area contributed by atoms with E-state index in [-0.39, 0.29) is 23.7 Å². The van der Waals surface area contributed by atoms with E-state index in [2.05, 4.69) is 15.4 Å². The van der Waals surface area contributed by atoms with Crippen LogP contribution in [0.4, 0.5) is 10.5 Å². The van der Waals surface area contributed by atoms with Gasteiger partial charge in [0.05, 0.1) is 13.0 Å². The van der Waals surface area contributed by atoms with Crippen molar-refractivity contribution in [2.45, 2.75) is 33.2 Å². The summed E-state index contributed by atoms with van der Waals surface area (Å²) in [6.07, 6.45) is -0.0307. The van der Waals surface area contributed by atoms with Crippen molar-refractivity contribution in [1.82, 2.24) is 10.2 Å². The second kappa shape index (κ2) is 8.69. The number of nitrogens with one attached hydrogen (secondary N) is 2. The van der Waals surface area contributed by atoms with Crippen LogP contribution >= 0.6 is 0 Å². The Kier molecular flexibility index (Phi) is 6.60. The van der Waals surface area contributed by atoms with E-state index in [1.165, 1.54) is 7.11 Å². The molecule has 0 spiro atoms. The molecule has 1 fully saturated rings. The van der Waals surface area contributed by atoms with Crippen molar-refractivity contribution in [3.05, 3.63) is 29.8 Å². The zero-order valence-electron chi connectivity index (χ0n) is 15.7. The zero-order valence-corrected chi connectivity index (χ0v) is 15.7. The Bertz CT molecular complexity index is 657. The Balaban J connectivity index is 1.95. The molecule has 26 heavy (non-hydrogen) atoms. The van der Waals surface area contributed by atoms with E-state index < -0.39 is 12.1 Å². The molecule has 2 atom stereocenters. The van der Waals surface area contributed by atoms with Crippen molar-refractivity contribution >= 4 is 23.6 Å². The van der Waals surface area contributed by atoms with Gasteiger partial charge in [0, 0.05) is 18.8 Å². The Labute approximate surface area is 154 Å². The first-order chi connectivity index (χ1) is 12.3. The minimum Gasteiger partial charge on any atom is -0.453 e. The molecular formula is C19H27N3O4. The monoisotopic (exact) mass is 361 g/mol. The number of benzene rings is 1. The number of amides is 3. The fourth-order valence-corrected chi connectivity index (χ4v) is 2.95. The summed E-state index contributed by atoms with van der Waals surface area (Å²) in [5.74, 6) is -0.615. The lowest BCUT2D eigenvalue weighted by Gasteiger charge is -2.26. The third-order valence-corrected chi connectivity index (χ3v) is 4.58. The number of alkyl carbamates (subject to hydrolysis) is 1. The minimum atomic E-state index is -0.665. The van der Waals surface area contributed by atoms with Gasteiger partial charge in [-0.05, 0) is 31.4 Å². The molecule has 1 aromatic rings. The van der Waals surface area contributed by atoms with Gasteiger partial charge < -0.3 is 20.3 Å². The lowest BCUT2D eigenvalue weighted by atomic mass is 10.0. The first-order valence-electron chi connectivity index (χ1n) is 8.82. The van der Waals surface area contributed by atoms with Crippen molar-refractivity contribution in [1.29, 1.82) is 0 Å². The first-order valence-corrected chi connectivity index (χ1v) is 8.82. The fraction of sp³-hybridized carbons (Fsp3) is 0.526. The summed E-state index contributed by atoms with van der Waals surface area (Å²) in [5.41, 5.74) is 1.87.